The molecule has 0 aliphatic heterocycles. The van der Waals surface area contributed by atoms with E-state index in [0.29, 0.717) is 12.0 Å². The number of rotatable bonds is 3. The second kappa shape index (κ2) is 6.08. The van der Waals surface area contributed by atoms with E-state index in [9.17, 15) is 4.79 Å². The molecule has 0 heterocycles. The molecule has 0 radical (unpaired) electrons. The number of benzene rings is 1. The number of hydrogen-bond donors (Lipinski definition) is 1. The van der Waals surface area contributed by atoms with Crippen LogP contribution in [0.4, 0.5) is 0 Å². The van der Waals surface area contributed by atoms with Crippen LogP contribution < -0.4 is 5.32 Å². The van der Waals surface area contributed by atoms with Crippen molar-refractivity contribution in [2.75, 3.05) is 0 Å². The van der Waals surface area contributed by atoms with Gasteiger partial charge < -0.3 is 5.32 Å². The first-order valence-electron chi connectivity index (χ1n) is 7.01. The third-order valence-corrected chi connectivity index (χ3v) is 4.23. The first kappa shape index (κ1) is 14.6. The van der Waals surface area contributed by atoms with E-state index in [1.165, 1.54) is 5.56 Å². The highest BCUT2D eigenvalue weighted by Crippen LogP contribution is 2.33. The number of amides is 1. The van der Waals surface area contributed by atoms with Crippen LogP contribution in [-0.4, -0.2) is 16.3 Å². The Morgan fingerprint density at radius 2 is 1.74 bits per heavy atom. The van der Waals surface area contributed by atoms with Crippen LogP contribution in [0.15, 0.2) is 30.3 Å². The lowest BCUT2D eigenvalue weighted by atomic mass is 9.81. The van der Waals surface area contributed by atoms with E-state index in [1.54, 1.807) is 0 Å². The molecule has 0 spiro atoms. The first-order valence-corrected chi connectivity index (χ1v) is 7.81. The van der Waals surface area contributed by atoms with Crippen molar-refractivity contribution in [3.63, 3.8) is 0 Å². The Labute approximate surface area is 124 Å². The van der Waals surface area contributed by atoms with Crippen molar-refractivity contribution in [3.8, 4) is 0 Å². The maximum atomic E-state index is 11.9. The van der Waals surface area contributed by atoms with Crippen molar-refractivity contribution in [2.24, 2.45) is 0 Å². The van der Waals surface area contributed by atoms with Gasteiger partial charge in [0.05, 0.1) is 4.32 Å². The minimum absolute atomic E-state index is 0.0932. The van der Waals surface area contributed by atoms with Crippen LogP contribution in [0.2, 0.25) is 0 Å². The summed E-state index contributed by atoms with van der Waals surface area (Å²) >= 11 is 3.41. The van der Waals surface area contributed by atoms with E-state index in [4.69, 9.17) is 0 Å². The van der Waals surface area contributed by atoms with Gasteiger partial charge in [-0.1, -0.05) is 46.3 Å². The minimum Gasteiger partial charge on any atom is -0.352 e. The molecule has 2 rings (SSSR count). The van der Waals surface area contributed by atoms with E-state index in [0.717, 1.165) is 25.7 Å². The van der Waals surface area contributed by atoms with Crippen molar-refractivity contribution < 1.29 is 4.79 Å². The van der Waals surface area contributed by atoms with Crippen LogP contribution in [-0.2, 0) is 4.79 Å². The molecule has 0 unspecified atom stereocenters. The van der Waals surface area contributed by atoms with Crippen LogP contribution in [0.25, 0.3) is 0 Å². The van der Waals surface area contributed by atoms with Gasteiger partial charge in [0.2, 0.25) is 5.91 Å². The normalized spacial score (nSPS) is 23.9. The topological polar surface area (TPSA) is 29.1 Å². The van der Waals surface area contributed by atoms with Gasteiger partial charge in [-0.3, -0.25) is 4.79 Å². The molecule has 0 aromatic heterocycles. The Morgan fingerprint density at radius 1 is 1.16 bits per heavy atom. The minimum atomic E-state index is -0.469. The SMILES string of the molecule is CC(C)(Br)C(=O)NC1CCC(c2ccccc2)CC1. The number of alkyl halides is 1. The van der Waals surface area contributed by atoms with Crippen molar-refractivity contribution in [1.29, 1.82) is 0 Å². The number of halogens is 1. The summed E-state index contributed by atoms with van der Waals surface area (Å²) in [5, 5.41) is 3.15. The molecule has 1 aromatic rings. The number of carbonyl (C=O) groups is 1. The quantitative estimate of drug-likeness (QED) is 0.837. The largest absolute Gasteiger partial charge is 0.352 e. The second-order valence-electron chi connectivity index (χ2n) is 5.91. The van der Waals surface area contributed by atoms with Gasteiger partial charge in [-0.15, -0.1) is 0 Å². The lowest BCUT2D eigenvalue weighted by Crippen LogP contribution is -2.44. The van der Waals surface area contributed by atoms with E-state index in [2.05, 4.69) is 51.6 Å². The van der Waals surface area contributed by atoms with Gasteiger partial charge in [-0.25, -0.2) is 0 Å². The van der Waals surface area contributed by atoms with E-state index in [-0.39, 0.29) is 5.91 Å². The molecule has 1 amide bonds. The standard InChI is InChI=1S/C16H22BrNO/c1-16(2,17)15(19)18-14-10-8-13(9-11-14)12-6-4-3-5-7-12/h3-7,13-14H,8-11H2,1-2H3,(H,18,19). The highest BCUT2D eigenvalue weighted by Gasteiger charge is 2.28. The van der Waals surface area contributed by atoms with E-state index < -0.39 is 4.32 Å². The van der Waals surface area contributed by atoms with Crippen LogP contribution >= 0.6 is 15.9 Å². The summed E-state index contributed by atoms with van der Waals surface area (Å²) in [7, 11) is 0. The van der Waals surface area contributed by atoms with Gasteiger partial charge in [0.25, 0.3) is 0 Å². The third-order valence-electron chi connectivity index (χ3n) is 3.87. The zero-order chi connectivity index (χ0) is 13.9. The molecular weight excluding hydrogens is 302 g/mol. The maximum absolute atomic E-state index is 11.9. The van der Waals surface area contributed by atoms with Crippen LogP contribution in [0.1, 0.15) is 51.0 Å². The molecule has 1 aliphatic rings. The molecule has 1 fully saturated rings. The van der Waals surface area contributed by atoms with Gasteiger partial charge in [0.1, 0.15) is 0 Å². The molecule has 1 saturated carbocycles. The molecule has 1 aromatic carbocycles. The molecule has 0 bridgehead atoms. The zero-order valence-electron chi connectivity index (χ0n) is 11.7. The second-order valence-corrected chi connectivity index (χ2v) is 7.89. The van der Waals surface area contributed by atoms with Gasteiger partial charge in [-0.05, 0) is 51.0 Å². The maximum Gasteiger partial charge on any atom is 0.236 e. The fraction of sp³-hybridized carbons (Fsp3) is 0.562. The molecule has 0 saturated heterocycles. The van der Waals surface area contributed by atoms with Gasteiger partial charge in [0, 0.05) is 6.04 Å². The Morgan fingerprint density at radius 3 is 2.26 bits per heavy atom. The van der Waals surface area contributed by atoms with Crippen molar-refractivity contribution in [2.45, 2.75) is 55.8 Å². The van der Waals surface area contributed by atoms with Crippen molar-refractivity contribution >= 4 is 21.8 Å². The fourth-order valence-electron chi connectivity index (χ4n) is 2.65. The highest BCUT2D eigenvalue weighted by atomic mass is 79.9. The molecular formula is C16H22BrNO. The summed E-state index contributed by atoms with van der Waals surface area (Å²) in [6.07, 6.45) is 4.48. The molecule has 2 nitrogen and oxygen atoms in total. The smallest absolute Gasteiger partial charge is 0.236 e. The number of hydrogen-bond acceptors (Lipinski definition) is 1. The van der Waals surface area contributed by atoms with Crippen LogP contribution in [0.3, 0.4) is 0 Å². The van der Waals surface area contributed by atoms with E-state index in [1.807, 2.05) is 13.8 Å². The van der Waals surface area contributed by atoms with Gasteiger partial charge >= 0.3 is 0 Å². The Hall–Kier alpha value is -0.830. The van der Waals surface area contributed by atoms with Gasteiger partial charge in [0.15, 0.2) is 0 Å². The molecule has 19 heavy (non-hydrogen) atoms. The zero-order valence-corrected chi connectivity index (χ0v) is 13.2. The molecule has 104 valence electrons. The van der Waals surface area contributed by atoms with Crippen LogP contribution in [0, 0.1) is 0 Å². The summed E-state index contributed by atoms with van der Waals surface area (Å²) in [5.41, 5.74) is 1.44. The highest BCUT2D eigenvalue weighted by molar-refractivity contribution is 9.10. The van der Waals surface area contributed by atoms with Crippen molar-refractivity contribution in [1.82, 2.24) is 5.32 Å². The summed E-state index contributed by atoms with van der Waals surface area (Å²) in [5.74, 6) is 0.752. The van der Waals surface area contributed by atoms with Crippen LogP contribution in [0.5, 0.6) is 0 Å². The predicted molar refractivity (Wildman–Crippen MR) is 82.6 cm³/mol. The third kappa shape index (κ3) is 4.07. The lowest BCUT2D eigenvalue weighted by molar-refractivity contribution is -0.123. The van der Waals surface area contributed by atoms with E-state index >= 15 is 0 Å². The monoisotopic (exact) mass is 323 g/mol. The Kier molecular flexibility index (Phi) is 4.67. The average molecular weight is 324 g/mol. The Balaban J connectivity index is 1.85. The molecule has 0 atom stereocenters. The molecule has 3 heteroatoms. The fourth-order valence-corrected chi connectivity index (χ4v) is 2.77. The summed E-state index contributed by atoms with van der Waals surface area (Å²) in [6, 6.07) is 11.0. The average Bonchev–Trinajstić information content (AvgIpc) is 2.39. The Bertz CT molecular complexity index is 416. The lowest BCUT2D eigenvalue weighted by Gasteiger charge is -2.31. The summed E-state index contributed by atoms with van der Waals surface area (Å²) < 4.78 is -0.469. The summed E-state index contributed by atoms with van der Waals surface area (Å²) in [6.45, 7) is 3.77. The van der Waals surface area contributed by atoms with Crippen molar-refractivity contribution in [3.05, 3.63) is 35.9 Å². The first-order chi connectivity index (χ1) is 8.97. The molecule has 1 N–H and O–H groups in total. The summed E-state index contributed by atoms with van der Waals surface area (Å²) in [4.78, 5) is 11.9. The number of carbonyl (C=O) groups excluding carboxylic acids is 1. The number of nitrogens with one attached hydrogen (secondary N) is 1. The predicted octanol–water partition coefficient (Wildman–Crippen LogP) is 4.00. The van der Waals surface area contributed by atoms with Gasteiger partial charge in [-0.2, -0.15) is 0 Å². The molecule has 1 aliphatic carbocycles.